The van der Waals surface area contributed by atoms with Gasteiger partial charge in [-0.3, -0.25) is 0 Å². The average Bonchev–Trinajstić information content (AvgIpc) is 2.78. The van der Waals surface area contributed by atoms with E-state index in [-0.39, 0.29) is 0 Å². The molecule has 1 fully saturated rings. The Morgan fingerprint density at radius 2 is 2.56 bits per heavy atom. The third kappa shape index (κ3) is 3.57. The van der Waals surface area contributed by atoms with Crippen molar-refractivity contribution in [2.75, 3.05) is 23.8 Å². The number of hydrogen-bond donors (Lipinski definition) is 1. The second-order valence-corrected chi connectivity index (χ2v) is 6.27. The Labute approximate surface area is 105 Å². The molecule has 3 nitrogen and oxygen atoms in total. The van der Waals surface area contributed by atoms with E-state index in [0.717, 1.165) is 18.3 Å². The number of rotatable bonds is 5. The van der Waals surface area contributed by atoms with Gasteiger partial charge in [0.05, 0.1) is 6.20 Å². The maximum Gasteiger partial charge on any atom is 0.0538 e. The van der Waals surface area contributed by atoms with Gasteiger partial charge in [-0.25, -0.2) is 4.68 Å². The van der Waals surface area contributed by atoms with Gasteiger partial charge in [0.25, 0.3) is 0 Å². The Balaban J connectivity index is 1.68. The minimum Gasteiger partial charge on any atom is -0.311 e. The lowest BCUT2D eigenvalue weighted by molar-refractivity contribution is 0.686. The van der Waals surface area contributed by atoms with Crippen LogP contribution in [-0.4, -0.2) is 38.8 Å². The maximum absolute atomic E-state index is 4.15. The number of hydrogen-bond acceptors (Lipinski definition) is 4. The van der Waals surface area contributed by atoms with E-state index in [1.165, 1.54) is 22.8 Å². The van der Waals surface area contributed by atoms with Gasteiger partial charge in [-0.05, 0) is 0 Å². The van der Waals surface area contributed by atoms with Crippen LogP contribution in [0.2, 0.25) is 0 Å². The minimum absolute atomic E-state index is 0.771. The molecule has 0 bridgehead atoms. The van der Waals surface area contributed by atoms with Gasteiger partial charge in [-0.1, -0.05) is 6.58 Å². The quantitative estimate of drug-likeness (QED) is 0.870. The van der Waals surface area contributed by atoms with E-state index in [4.69, 9.17) is 0 Å². The zero-order chi connectivity index (χ0) is 11.2. The summed E-state index contributed by atoms with van der Waals surface area (Å²) < 4.78 is 1.74. The number of thioether (sulfide) groups is 2. The highest BCUT2D eigenvalue weighted by atomic mass is 32.2. The molecule has 1 aromatic heterocycles. The molecule has 1 saturated heterocycles. The first kappa shape index (κ1) is 12.1. The van der Waals surface area contributed by atoms with Gasteiger partial charge < -0.3 is 5.32 Å². The number of aromatic nitrogens is 2. The molecule has 0 radical (unpaired) electrons. The van der Waals surface area contributed by atoms with E-state index in [1.807, 2.05) is 12.4 Å². The fourth-order valence-electron chi connectivity index (χ4n) is 1.60. The van der Waals surface area contributed by atoms with Crippen LogP contribution in [0.25, 0.3) is 6.20 Å². The maximum atomic E-state index is 4.15. The highest BCUT2D eigenvalue weighted by molar-refractivity contribution is 8.06. The van der Waals surface area contributed by atoms with Crippen LogP contribution in [0, 0.1) is 0 Å². The summed E-state index contributed by atoms with van der Waals surface area (Å²) in [6.45, 7) is 5.66. The van der Waals surface area contributed by atoms with E-state index < -0.39 is 0 Å². The smallest absolute Gasteiger partial charge is 0.0538 e. The van der Waals surface area contributed by atoms with Crippen LogP contribution >= 0.6 is 23.5 Å². The lowest BCUT2D eigenvalue weighted by Crippen LogP contribution is -2.28. The molecular weight excluding hydrogens is 238 g/mol. The van der Waals surface area contributed by atoms with Crippen LogP contribution < -0.4 is 5.32 Å². The van der Waals surface area contributed by atoms with Gasteiger partial charge in [0.1, 0.15) is 0 Å². The predicted molar refractivity (Wildman–Crippen MR) is 73.9 cm³/mol. The predicted octanol–water partition coefficient (Wildman–Crippen LogP) is 1.92. The van der Waals surface area contributed by atoms with Crippen molar-refractivity contribution in [2.45, 2.75) is 11.8 Å². The van der Waals surface area contributed by atoms with E-state index >= 15 is 0 Å². The molecule has 1 aromatic rings. The van der Waals surface area contributed by atoms with Crippen molar-refractivity contribution in [3.05, 3.63) is 24.5 Å². The van der Waals surface area contributed by atoms with E-state index in [2.05, 4.69) is 40.5 Å². The van der Waals surface area contributed by atoms with Crippen LogP contribution in [0.15, 0.2) is 19.0 Å². The second kappa shape index (κ2) is 6.37. The summed E-state index contributed by atoms with van der Waals surface area (Å²) in [6, 6.07) is 0. The van der Waals surface area contributed by atoms with Crippen molar-refractivity contribution in [1.82, 2.24) is 15.1 Å². The standard InChI is InChI=1S/C11H17N3S2/c1-2-14-8-10(6-13-14)5-12-7-11-9-15-3-4-16-11/h2,6,8,11-12H,1,3-5,7,9H2. The van der Waals surface area contributed by atoms with Crippen molar-refractivity contribution in [3.8, 4) is 0 Å². The van der Waals surface area contributed by atoms with E-state index in [1.54, 1.807) is 10.9 Å². The first-order valence-electron chi connectivity index (χ1n) is 5.44. The summed E-state index contributed by atoms with van der Waals surface area (Å²) in [5, 5.41) is 8.41. The number of nitrogens with zero attached hydrogens (tertiary/aromatic N) is 2. The molecule has 1 N–H and O–H groups in total. The first-order valence-corrected chi connectivity index (χ1v) is 7.64. The molecule has 1 aliphatic heterocycles. The molecule has 1 aliphatic rings. The minimum atomic E-state index is 0.771. The van der Waals surface area contributed by atoms with Crippen LogP contribution in [0.4, 0.5) is 0 Å². The van der Waals surface area contributed by atoms with Crippen molar-refractivity contribution in [3.63, 3.8) is 0 Å². The third-order valence-corrected chi connectivity index (χ3v) is 5.27. The van der Waals surface area contributed by atoms with Crippen molar-refractivity contribution >= 4 is 29.7 Å². The van der Waals surface area contributed by atoms with Crippen molar-refractivity contribution in [1.29, 1.82) is 0 Å². The number of nitrogens with one attached hydrogen (secondary N) is 1. The van der Waals surface area contributed by atoms with Gasteiger partial charge >= 0.3 is 0 Å². The van der Waals surface area contributed by atoms with E-state index in [0.29, 0.717) is 0 Å². The molecule has 88 valence electrons. The molecule has 5 heteroatoms. The Bertz CT molecular complexity index is 332. The highest BCUT2D eigenvalue weighted by Crippen LogP contribution is 2.23. The Morgan fingerprint density at radius 3 is 3.25 bits per heavy atom. The molecular formula is C11H17N3S2. The molecule has 1 unspecified atom stereocenters. The van der Waals surface area contributed by atoms with Crippen LogP contribution in [0.3, 0.4) is 0 Å². The third-order valence-electron chi connectivity index (χ3n) is 2.43. The molecule has 2 rings (SSSR count). The zero-order valence-electron chi connectivity index (χ0n) is 9.26. The van der Waals surface area contributed by atoms with Crippen LogP contribution in [0.5, 0.6) is 0 Å². The van der Waals surface area contributed by atoms with Crippen LogP contribution in [-0.2, 0) is 6.54 Å². The molecule has 0 saturated carbocycles. The average molecular weight is 255 g/mol. The lowest BCUT2D eigenvalue weighted by atomic mass is 10.3. The molecule has 1 atom stereocenters. The second-order valence-electron chi connectivity index (χ2n) is 3.71. The summed E-state index contributed by atoms with van der Waals surface area (Å²) in [6.07, 6.45) is 5.59. The monoisotopic (exact) mass is 255 g/mol. The van der Waals surface area contributed by atoms with Crippen LogP contribution in [0.1, 0.15) is 5.56 Å². The molecule has 0 amide bonds. The lowest BCUT2D eigenvalue weighted by Gasteiger charge is -2.20. The first-order chi connectivity index (χ1) is 7.88. The van der Waals surface area contributed by atoms with Gasteiger partial charge in [0.15, 0.2) is 0 Å². The summed E-state index contributed by atoms with van der Waals surface area (Å²) in [5.74, 6) is 3.89. The van der Waals surface area contributed by atoms with Crippen molar-refractivity contribution in [2.24, 2.45) is 0 Å². The largest absolute Gasteiger partial charge is 0.311 e. The fraction of sp³-hybridized carbons (Fsp3) is 0.545. The molecule has 0 aromatic carbocycles. The van der Waals surface area contributed by atoms with Gasteiger partial charge in [-0.15, -0.1) is 0 Å². The van der Waals surface area contributed by atoms with Crippen molar-refractivity contribution < 1.29 is 0 Å². The van der Waals surface area contributed by atoms with Gasteiger partial charge in [0.2, 0.25) is 0 Å². The Hall–Kier alpha value is -0.390. The van der Waals surface area contributed by atoms with Gasteiger partial charge in [-0.2, -0.15) is 28.6 Å². The summed E-state index contributed by atoms with van der Waals surface area (Å²) in [5.41, 5.74) is 1.22. The fourth-order valence-corrected chi connectivity index (χ4v) is 4.25. The normalized spacial score (nSPS) is 20.9. The SMILES string of the molecule is C=Cn1cc(CNCC2CSCCS2)cn1. The topological polar surface area (TPSA) is 29.9 Å². The summed E-state index contributed by atoms with van der Waals surface area (Å²) in [4.78, 5) is 0. The highest BCUT2D eigenvalue weighted by Gasteiger charge is 2.13. The Kier molecular flexibility index (Phi) is 4.81. The zero-order valence-corrected chi connectivity index (χ0v) is 10.9. The summed E-state index contributed by atoms with van der Waals surface area (Å²) in [7, 11) is 0. The molecule has 16 heavy (non-hydrogen) atoms. The summed E-state index contributed by atoms with van der Waals surface area (Å²) >= 11 is 4.15. The van der Waals surface area contributed by atoms with Gasteiger partial charge in [0, 0.05) is 53.6 Å². The molecule has 0 aliphatic carbocycles. The molecule has 0 spiro atoms. The Morgan fingerprint density at radius 1 is 1.62 bits per heavy atom. The van der Waals surface area contributed by atoms with E-state index in [9.17, 15) is 0 Å². The molecule has 2 heterocycles.